The zero-order chi connectivity index (χ0) is 18.4. The Hall–Kier alpha value is -3.47. The van der Waals surface area contributed by atoms with Gasteiger partial charge in [0.15, 0.2) is 0 Å². The number of hydrogen-bond acceptors (Lipinski definition) is 5. The van der Waals surface area contributed by atoms with Crippen LogP contribution >= 0.6 is 0 Å². The Morgan fingerprint density at radius 3 is 2.85 bits per heavy atom. The highest BCUT2D eigenvalue weighted by molar-refractivity contribution is 6.05. The lowest BCUT2D eigenvalue weighted by Crippen LogP contribution is -2.52. The fourth-order valence-electron chi connectivity index (χ4n) is 3.56. The number of imide groups is 1. The minimum Gasteiger partial charge on any atom is -0.322 e. The van der Waals surface area contributed by atoms with Crippen LogP contribution in [-0.4, -0.2) is 38.4 Å². The molecule has 8 heteroatoms. The van der Waals surface area contributed by atoms with Gasteiger partial charge in [0.1, 0.15) is 12.1 Å². The van der Waals surface area contributed by atoms with Crippen LogP contribution in [0.1, 0.15) is 34.3 Å². The number of benzene rings is 1. The summed E-state index contributed by atoms with van der Waals surface area (Å²) in [5, 5.41) is 15.6. The maximum absolute atomic E-state index is 12.9. The third-order valence-corrected chi connectivity index (χ3v) is 4.86. The molecule has 0 bridgehead atoms. The fourth-order valence-corrected chi connectivity index (χ4v) is 3.56. The molecule has 1 fully saturated rings. The molecule has 8 nitrogen and oxygen atoms in total. The van der Waals surface area contributed by atoms with Crippen molar-refractivity contribution in [3.05, 3.63) is 41.1 Å². The Morgan fingerprint density at radius 2 is 2.12 bits per heavy atom. The number of nitriles is 1. The number of carbonyl (C=O) groups excluding carboxylic acids is 3. The Morgan fingerprint density at radius 1 is 1.31 bits per heavy atom. The number of nitrogens with zero attached hydrogens (tertiary/aromatic N) is 4. The lowest BCUT2D eigenvalue weighted by atomic mass is 10.0. The zero-order valence-electron chi connectivity index (χ0n) is 14.0. The minimum atomic E-state index is -0.637. The van der Waals surface area contributed by atoms with Crippen molar-refractivity contribution < 1.29 is 14.4 Å². The number of rotatable bonds is 2. The Labute approximate surface area is 149 Å². The Bertz CT molecular complexity index is 1000. The van der Waals surface area contributed by atoms with Gasteiger partial charge in [0.25, 0.3) is 5.91 Å². The smallest absolute Gasteiger partial charge is 0.255 e. The van der Waals surface area contributed by atoms with Gasteiger partial charge in [-0.3, -0.25) is 24.4 Å². The summed E-state index contributed by atoms with van der Waals surface area (Å²) in [4.78, 5) is 37.8. The van der Waals surface area contributed by atoms with Gasteiger partial charge in [-0.1, -0.05) is 12.1 Å². The molecule has 3 amide bonds. The van der Waals surface area contributed by atoms with Gasteiger partial charge in [-0.25, -0.2) is 0 Å². The van der Waals surface area contributed by atoms with Crippen molar-refractivity contribution in [2.24, 2.45) is 7.05 Å². The second kappa shape index (κ2) is 5.81. The first-order valence-electron chi connectivity index (χ1n) is 8.19. The SMILES string of the molecule is Cn1ncc(C#N)c1-c1ccc2c(c1)C(=O)N(C1CCC(=O)NC1=O)C2. The normalized spacial score (nSPS) is 19.3. The Balaban J connectivity index is 1.68. The molecule has 130 valence electrons. The second-order valence-corrected chi connectivity index (χ2v) is 6.41. The van der Waals surface area contributed by atoms with E-state index in [9.17, 15) is 19.6 Å². The van der Waals surface area contributed by atoms with Gasteiger partial charge in [-0.2, -0.15) is 10.4 Å². The highest BCUT2D eigenvalue weighted by Gasteiger charge is 2.39. The number of piperidine rings is 1. The summed E-state index contributed by atoms with van der Waals surface area (Å²) >= 11 is 0. The fraction of sp³-hybridized carbons (Fsp3) is 0.278. The van der Waals surface area contributed by atoms with E-state index >= 15 is 0 Å². The van der Waals surface area contributed by atoms with Crippen molar-refractivity contribution in [1.82, 2.24) is 20.0 Å². The van der Waals surface area contributed by atoms with E-state index in [2.05, 4.69) is 16.5 Å². The first-order valence-corrected chi connectivity index (χ1v) is 8.19. The lowest BCUT2D eigenvalue weighted by Gasteiger charge is -2.29. The van der Waals surface area contributed by atoms with Crippen molar-refractivity contribution in [3.63, 3.8) is 0 Å². The summed E-state index contributed by atoms with van der Waals surface area (Å²) in [5.74, 6) is -0.976. The molecular formula is C18H15N5O3. The third kappa shape index (κ3) is 2.37. The van der Waals surface area contributed by atoms with Gasteiger partial charge in [0.2, 0.25) is 11.8 Å². The summed E-state index contributed by atoms with van der Waals surface area (Å²) in [7, 11) is 1.74. The van der Waals surface area contributed by atoms with Gasteiger partial charge >= 0.3 is 0 Å². The third-order valence-electron chi connectivity index (χ3n) is 4.86. The van der Waals surface area contributed by atoms with E-state index in [1.54, 1.807) is 17.8 Å². The number of nitrogens with one attached hydrogen (secondary N) is 1. The van der Waals surface area contributed by atoms with Gasteiger partial charge in [0.05, 0.1) is 17.5 Å². The standard InChI is InChI=1S/C18H15N5O3/c1-22-16(12(7-19)8-20-22)10-2-3-11-9-23(18(26)13(11)6-10)14-4-5-15(24)21-17(14)25/h2-3,6,8,14H,4-5,9H2,1H3,(H,21,24,25). The van der Waals surface area contributed by atoms with Crippen LogP contribution in [0.15, 0.2) is 24.4 Å². The van der Waals surface area contributed by atoms with E-state index in [0.717, 1.165) is 11.1 Å². The van der Waals surface area contributed by atoms with Crippen molar-refractivity contribution in [3.8, 4) is 17.3 Å². The van der Waals surface area contributed by atoms with E-state index in [4.69, 9.17) is 0 Å². The maximum Gasteiger partial charge on any atom is 0.255 e. The maximum atomic E-state index is 12.9. The molecule has 1 atom stereocenters. The molecule has 0 aliphatic carbocycles. The highest BCUT2D eigenvalue weighted by atomic mass is 16.2. The summed E-state index contributed by atoms with van der Waals surface area (Å²) < 4.78 is 1.59. The topological polar surface area (TPSA) is 108 Å². The van der Waals surface area contributed by atoms with Crippen LogP contribution in [0.2, 0.25) is 0 Å². The summed E-state index contributed by atoms with van der Waals surface area (Å²) in [6, 6.07) is 6.88. The summed E-state index contributed by atoms with van der Waals surface area (Å²) in [6.45, 7) is 0.331. The van der Waals surface area contributed by atoms with E-state index < -0.39 is 11.9 Å². The molecule has 0 spiro atoms. The van der Waals surface area contributed by atoms with Gasteiger partial charge in [-0.05, 0) is 18.1 Å². The number of aryl methyl sites for hydroxylation is 1. The van der Waals surface area contributed by atoms with E-state index in [1.807, 2.05) is 12.1 Å². The molecule has 3 heterocycles. The van der Waals surface area contributed by atoms with Crippen molar-refractivity contribution in [1.29, 1.82) is 5.26 Å². The molecule has 0 radical (unpaired) electrons. The second-order valence-electron chi connectivity index (χ2n) is 6.41. The monoisotopic (exact) mass is 349 g/mol. The first kappa shape index (κ1) is 16.0. The predicted octanol–water partition coefficient (Wildman–Crippen LogP) is 0.720. The number of carbonyl (C=O) groups is 3. The largest absolute Gasteiger partial charge is 0.322 e. The van der Waals surface area contributed by atoms with Gasteiger partial charge in [-0.15, -0.1) is 0 Å². The van der Waals surface area contributed by atoms with Crippen LogP contribution in [0.4, 0.5) is 0 Å². The molecule has 4 rings (SSSR count). The number of hydrogen-bond donors (Lipinski definition) is 1. The molecule has 2 aromatic rings. The Kier molecular flexibility index (Phi) is 3.58. The van der Waals surface area contributed by atoms with E-state index in [0.29, 0.717) is 29.8 Å². The number of aromatic nitrogens is 2. The molecule has 1 aromatic carbocycles. The average Bonchev–Trinajstić information content (AvgIpc) is 3.15. The summed E-state index contributed by atoms with van der Waals surface area (Å²) in [6.07, 6.45) is 2.04. The first-order chi connectivity index (χ1) is 12.5. The van der Waals surface area contributed by atoms with Gasteiger partial charge < -0.3 is 4.90 Å². The van der Waals surface area contributed by atoms with Crippen LogP contribution in [0.25, 0.3) is 11.3 Å². The lowest BCUT2D eigenvalue weighted by molar-refractivity contribution is -0.136. The van der Waals surface area contributed by atoms with Crippen molar-refractivity contribution >= 4 is 17.7 Å². The molecule has 1 aromatic heterocycles. The van der Waals surface area contributed by atoms with Crippen LogP contribution in [0.3, 0.4) is 0 Å². The molecule has 1 unspecified atom stereocenters. The molecule has 1 saturated heterocycles. The van der Waals surface area contributed by atoms with E-state index in [1.165, 1.54) is 11.1 Å². The van der Waals surface area contributed by atoms with Gasteiger partial charge in [0, 0.05) is 31.1 Å². The van der Waals surface area contributed by atoms with Crippen LogP contribution in [0.5, 0.6) is 0 Å². The minimum absolute atomic E-state index is 0.225. The van der Waals surface area contributed by atoms with Crippen molar-refractivity contribution in [2.45, 2.75) is 25.4 Å². The number of fused-ring (bicyclic) bond motifs is 1. The predicted molar refractivity (Wildman–Crippen MR) is 89.4 cm³/mol. The molecule has 1 N–H and O–H groups in total. The van der Waals surface area contributed by atoms with Crippen LogP contribution in [-0.2, 0) is 23.2 Å². The highest BCUT2D eigenvalue weighted by Crippen LogP contribution is 2.32. The molecule has 2 aliphatic rings. The summed E-state index contributed by atoms with van der Waals surface area (Å²) in [5.41, 5.74) is 3.13. The van der Waals surface area contributed by atoms with Crippen LogP contribution in [0, 0.1) is 11.3 Å². The molecule has 26 heavy (non-hydrogen) atoms. The van der Waals surface area contributed by atoms with E-state index in [-0.39, 0.29) is 18.2 Å². The quantitative estimate of drug-likeness (QED) is 0.804. The molecular weight excluding hydrogens is 334 g/mol. The molecule has 0 saturated carbocycles. The zero-order valence-corrected chi connectivity index (χ0v) is 14.0. The van der Waals surface area contributed by atoms with Crippen molar-refractivity contribution in [2.75, 3.05) is 0 Å². The average molecular weight is 349 g/mol. The number of amides is 3. The van der Waals surface area contributed by atoms with Crippen LogP contribution < -0.4 is 5.32 Å². The molecule has 2 aliphatic heterocycles.